The van der Waals surface area contributed by atoms with Gasteiger partial charge in [-0.3, -0.25) is 14.5 Å². The second kappa shape index (κ2) is 6.58. The zero-order chi connectivity index (χ0) is 15.4. The van der Waals surface area contributed by atoms with Crippen LogP contribution in [0.5, 0.6) is 5.75 Å². The Balaban J connectivity index is 2.15. The molecule has 6 nitrogen and oxygen atoms in total. The Hall–Kier alpha value is -2.08. The van der Waals surface area contributed by atoms with Crippen molar-refractivity contribution >= 4 is 17.5 Å². The SMILES string of the molecule is COCCNC(=O)CN1C(=O)C(C)Oc2ccc(C)cc21. The van der Waals surface area contributed by atoms with E-state index >= 15 is 0 Å². The number of methoxy groups -OCH3 is 1. The van der Waals surface area contributed by atoms with Crippen LogP contribution >= 0.6 is 0 Å². The molecule has 0 saturated carbocycles. The van der Waals surface area contributed by atoms with E-state index in [1.807, 2.05) is 25.1 Å². The minimum Gasteiger partial charge on any atom is -0.479 e. The molecule has 2 amide bonds. The molecule has 1 heterocycles. The first-order chi connectivity index (χ1) is 10.0. The molecule has 2 rings (SSSR count). The van der Waals surface area contributed by atoms with Crippen LogP contribution in [-0.2, 0) is 14.3 Å². The van der Waals surface area contributed by atoms with E-state index < -0.39 is 6.10 Å². The third-order valence-electron chi connectivity index (χ3n) is 3.25. The van der Waals surface area contributed by atoms with E-state index in [1.165, 1.54) is 4.90 Å². The maximum Gasteiger partial charge on any atom is 0.268 e. The number of ether oxygens (including phenoxy) is 2. The second-order valence-electron chi connectivity index (χ2n) is 5.00. The van der Waals surface area contributed by atoms with Crippen molar-refractivity contribution in [3.63, 3.8) is 0 Å². The van der Waals surface area contributed by atoms with Gasteiger partial charge in [0.15, 0.2) is 6.10 Å². The van der Waals surface area contributed by atoms with Crippen molar-refractivity contribution in [3.8, 4) is 5.75 Å². The summed E-state index contributed by atoms with van der Waals surface area (Å²) in [5.74, 6) is 0.189. The van der Waals surface area contributed by atoms with Crippen LogP contribution in [0.4, 0.5) is 5.69 Å². The Morgan fingerprint density at radius 1 is 1.48 bits per heavy atom. The minimum atomic E-state index is -0.591. The van der Waals surface area contributed by atoms with Gasteiger partial charge in [-0.1, -0.05) is 6.07 Å². The van der Waals surface area contributed by atoms with Crippen LogP contribution in [-0.4, -0.2) is 44.7 Å². The monoisotopic (exact) mass is 292 g/mol. The van der Waals surface area contributed by atoms with E-state index in [0.29, 0.717) is 24.6 Å². The van der Waals surface area contributed by atoms with Gasteiger partial charge in [0.1, 0.15) is 12.3 Å². The second-order valence-corrected chi connectivity index (χ2v) is 5.00. The molecule has 6 heteroatoms. The molecule has 1 atom stereocenters. The van der Waals surface area contributed by atoms with Gasteiger partial charge in [0, 0.05) is 13.7 Å². The number of fused-ring (bicyclic) bond motifs is 1. The van der Waals surface area contributed by atoms with Crippen molar-refractivity contribution in [1.82, 2.24) is 5.32 Å². The molecule has 114 valence electrons. The zero-order valence-corrected chi connectivity index (χ0v) is 12.5. The van der Waals surface area contributed by atoms with Gasteiger partial charge in [0.2, 0.25) is 5.91 Å². The van der Waals surface area contributed by atoms with Crippen LogP contribution < -0.4 is 15.0 Å². The highest BCUT2D eigenvalue weighted by atomic mass is 16.5. The average Bonchev–Trinajstić information content (AvgIpc) is 2.45. The highest BCUT2D eigenvalue weighted by Crippen LogP contribution is 2.34. The lowest BCUT2D eigenvalue weighted by Crippen LogP contribution is -2.49. The molecule has 0 radical (unpaired) electrons. The van der Waals surface area contributed by atoms with Gasteiger partial charge in [-0.05, 0) is 31.5 Å². The van der Waals surface area contributed by atoms with Crippen molar-refractivity contribution in [3.05, 3.63) is 23.8 Å². The molecule has 0 spiro atoms. The Labute approximate surface area is 124 Å². The number of rotatable bonds is 5. The highest BCUT2D eigenvalue weighted by molar-refractivity contribution is 6.03. The normalized spacial score (nSPS) is 17.2. The lowest BCUT2D eigenvalue weighted by atomic mass is 10.1. The quantitative estimate of drug-likeness (QED) is 0.818. The number of nitrogens with zero attached hydrogens (tertiary/aromatic N) is 1. The molecule has 0 saturated heterocycles. The van der Waals surface area contributed by atoms with Crippen LogP contribution in [0.3, 0.4) is 0 Å². The van der Waals surface area contributed by atoms with E-state index in [1.54, 1.807) is 14.0 Å². The summed E-state index contributed by atoms with van der Waals surface area (Å²) in [5, 5.41) is 2.71. The molecule has 1 unspecified atom stereocenters. The Bertz CT molecular complexity index is 544. The third kappa shape index (κ3) is 3.52. The summed E-state index contributed by atoms with van der Waals surface area (Å²) in [5.41, 5.74) is 1.64. The molecule has 1 aromatic rings. The number of hydrogen-bond donors (Lipinski definition) is 1. The molecular formula is C15H20N2O4. The molecule has 0 aliphatic carbocycles. The van der Waals surface area contributed by atoms with Gasteiger partial charge in [-0.15, -0.1) is 0 Å². The number of carbonyl (C=O) groups is 2. The maximum absolute atomic E-state index is 12.3. The molecule has 0 fully saturated rings. The van der Waals surface area contributed by atoms with Gasteiger partial charge in [-0.2, -0.15) is 0 Å². The van der Waals surface area contributed by atoms with Gasteiger partial charge >= 0.3 is 0 Å². The van der Waals surface area contributed by atoms with Crippen LogP contribution in [0, 0.1) is 6.92 Å². The van der Waals surface area contributed by atoms with E-state index in [0.717, 1.165) is 5.56 Å². The summed E-state index contributed by atoms with van der Waals surface area (Å²) in [6, 6.07) is 5.59. The molecule has 21 heavy (non-hydrogen) atoms. The van der Waals surface area contributed by atoms with Gasteiger partial charge in [-0.25, -0.2) is 0 Å². The van der Waals surface area contributed by atoms with Crippen molar-refractivity contribution in [2.75, 3.05) is 31.7 Å². The Kier molecular flexibility index (Phi) is 4.80. The Morgan fingerprint density at radius 2 is 2.24 bits per heavy atom. The smallest absolute Gasteiger partial charge is 0.268 e. The van der Waals surface area contributed by atoms with Crippen molar-refractivity contribution in [2.24, 2.45) is 0 Å². The van der Waals surface area contributed by atoms with Crippen LogP contribution in [0.1, 0.15) is 12.5 Å². The van der Waals surface area contributed by atoms with Crippen LogP contribution in [0.15, 0.2) is 18.2 Å². The average molecular weight is 292 g/mol. The van der Waals surface area contributed by atoms with Crippen molar-refractivity contribution in [2.45, 2.75) is 20.0 Å². The zero-order valence-electron chi connectivity index (χ0n) is 12.5. The van der Waals surface area contributed by atoms with E-state index in [9.17, 15) is 9.59 Å². The summed E-state index contributed by atoms with van der Waals surface area (Å²) in [6.45, 7) is 4.45. The number of anilines is 1. The fraction of sp³-hybridized carbons (Fsp3) is 0.467. The summed E-state index contributed by atoms with van der Waals surface area (Å²) in [6.07, 6.45) is -0.591. The molecule has 1 aliphatic heterocycles. The molecule has 0 bridgehead atoms. The van der Waals surface area contributed by atoms with Crippen LogP contribution in [0.2, 0.25) is 0 Å². The molecule has 1 aromatic carbocycles. The van der Waals surface area contributed by atoms with Crippen LogP contribution in [0.25, 0.3) is 0 Å². The summed E-state index contributed by atoms with van der Waals surface area (Å²) in [4.78, 5) is 25.7. The maximum atomic E-state index is 12.3. The van der Waals surface area contributed by atoms with Gasteiger partial charge < -0.3 is 14.8 Å². The van der Waals surface area contributed by atoms with E-state index in [2.05, 4.69) is 5.32 Å². The van der Waals surface area contributed by atoms with Crippen molar-refractivity contribution in [1.29, 1.82) is 0 Å². The summed E-state index contributed by atoms with van der Waals surface area (Å²) < 4.78 is 10.4. The number of benzene rings is 1. The van der Waals surface area contributed by atoms with Crippen molar-refractivity contribution < 1.29 is 19.1 Å². The number of nitrogens with one attached hydrogen (secondary N) is 1. The molecule has 0 aromatic heterocycles. The number of aryl methyl sites for hydroxylation is 1. The highest BCUT2D eigenvalue weighted by Gasteiger charge is 2.32. The first kappa shape index (κ1) is 15.3. The fourth-order valence-electron chi connectivity index (χ4n) is 2.17. The Morgan fingerprint density at radius 3 is 2.95 bits per heavy atom. The first-order valence-electron chi connectivity index (χ1n) is 6.87. The number of amides is 2. The summed E-state index contributed by atoms with van der Waals surface area (Å²) in [7, 11) is 1.57. The number of hydrogen-bond acceptors (Lipinski definition) is 4. The fourth-order valence-corrected chi connectivity index (χ4v) is 2.17. The molecule has 1 aliphatic rings. The van der Waals surface area contributed by atoms with E-state index in [-0.39, 0.29) is 18.4 Å². The minimum absolute atomic E-state index is 0.0211. The standard InChI is InChI=1S/C15H20N2O4/c1-10-4-5-13-12(8-10)17(15(19)11(2)21-13)9-14(18)16-6-7-20-3/h4-5,8,11H,6-7,9H2,1-3H3,(H,16,18). The summed E-state index contributed by atoms with van der Waals surface area (Å²) >= 11 is 0. The lowest BCUT2D eigenvalue weighted by Gasteiger charge is -2.32. The lowest BCUT2D eigenvalue weighted by molar-refractivity contribution is -0.128. The third-order valence-corrected chi connectivity index (χ3v) is 3.25. The topological polar surface area (TPSA) is 67.9 Å². The molecular weight excluding hydrogens is 272 g/mol. The van der Waals surface area contributed by atoms with Gasteiger partial charge in [0.25, 0.3) is 5.91 Å². The largest absolute Gasteiger partial charge is 0.479 e. The predicted octanol–water partition coefficient (Wildman–Crippen LogP) is 0.872. The first-order valence-corrected chi connectivity index (χ1v) is 6.87. The molecule has 1 N–H and O–H groups in total. The predicted molar refractivity (Wildman–Crippen MR) is 78.5 cm³/mol. The van der Waals surface area contributed by atoms with Gasteiger partial charge in [0.05, 0.1) is 12.3 Å². The van der Waals surface area contributed by atoms with E-state index in [4.69, 9.17) is 9.47 Å². The number of carbonyl (C=O) groups excluding carboxylic acids is 2.